The minimum absolute atomic E-state index is 0.0253. The van der Waals surface area contributed by atoms with E-state index in [0.717, 1.165) is 37.2 Å². The Balaban J connectivity index is 1.66. The first-order valence-electron chi connectivity index (χ1n) is 6.97. The van der Waals surface area contributed by atoms with Crippen molar-refractivity contribution < 1.29 is 4.79 Å². The lowest BCUT2D eigenvalue weighted by atomic mass is 10.0. The van der Waals surface area contributed by atoms with Crippen LogP contribution in [0.5, 0.6) is 0 Å². The lowest BCUT2D eigenvalue weighted by molar-refractivity contribution is -0.118. The van der Waals surface area contributed by atoms with Crippen LogP contribution < -0.4 is 10.6 Å². The van der Waals surface area contributed by atoms with Gasteiger partial charge in [-0.1, -0.05) is 24.6 Å². The molecule has 0 saturated carbocycles. The van der Waals surface area contributed by atoms with Gasteiger partial charge in [-0.05, 0) is 31.5 Å². The quantitative estimate of drug-likeness (QED) is 0.896. The molecule has 0 aliphatic carbocycles. The molecule has 0 bridgehead atoms. The Kier molecular flexibility index (Phi) is 3.78. The minimum Gasteiger partial charge on any atom is -0.322 e. The molecule has 3 rings (SSSR count). The van der Waals surface area contributed by atoms with E-state index < -0.39 is 0 Å². The van der Waals surface area contributed by atoms with Crippen molar-refractivity contribution in [2.24, 2.45) is 0 Å². The van der Waals surface area contributed by atoms with Crippen LogP contribution in [-0.4, -0.2) is 28.3 Å². The van der Waals surface area contributed by atoms with Gasteiger partial charge in [0.1, 0.15) is 0 Å². The van der Waals surface area contributed by atoms with Gasteiger partial charge in [0.2, 0.25) is 5.91 Å². The van der Waals surface area contributed by atoms with E-state index in [2.05, 4.69) is 15.7 Å². The molecular formula is C15H18N4O. The number of hydrogen-bond acceptors (Lipinski definition) is 3. The summed E-state index contributed by atoms with van der Waals surface area (Å²) in [4.78, 5) is 12.1. The van der Waals surface area contributed by atoms with Crippen LogP contribution in [0.2, 0.25) is 0 Å². The summed E-state index contributed by atoms with van der Waals surface area (Å²) in [5.74, 6) is 0.0253. The molecule has 1 aromatic carbocycles. The summed E-state index contributed by atoms with van der Waals surface area (Å²) < 4.78 is 1.75. The normalized spacial score (nSPS) is 18.7. The second-order valence-electron chi connectivity index (χ2n) is 5.00. The molecule has 5 nitrogen and oxygen atoms in total. The fourth-order valence-corrected chi connectivity index (χ4v) is 2.41. The molecule has 1 fully saturated rings. The van der Waals surface area contributed by atoms with Gasteiger partial charge in [-0.25, -0.2) is 4.68 Å². The first-order chi connectivity index (χ1) is 9.83. The van der Waals surface area contributed by atoms with Crippen LogP contribution >= 0.6 is 0 Å². The van der Waals surface area contributed by atoms with Crippen molar-refractivity contribution in [1.29, 1.82) is 0 Å². The van der Waals surface area contributed by atoms with Crippen molar-refractivity contribution in [2.75, 3.05) is 11.9 Å². The Labute approximate surface area is 118 Å². The predicted molar refractivity (Wildman–Crippen MR) is 77.8 cm³/mol. The topological polar surface area (TPSA) is 59.0 Å². The van der Waals surface area contributed by atoms with Crippen molar-refractivity contribution in [3.05, 3.63) is 42.7 Å². The van der Waals surface area contributed by atoms with Crippen LogP contribution in [0.15, 0.2) is 42.7 Å². The smallest absolute Gasteiger partial charge is 0.241 e. The molecule has 1 aromatic heterocycles. The molecule has 20 heavy (non-hydrogen) atoms. The molecule has 1 unspecified atom stereocenters. The third-order valence-electron chi connectivity index (χ3n) is 3.50. The number of nitrogens with zero attached hydrogens (tertiary/aromatic N) is 2. The highest BCUT2D eigenvalue weighted by molar-refractivity contribution is 5.94. The molecular weight excluding hydrogens is 252 g/mol. The zero-order valence-corrected chi connectivity index (χ0v) is 11.2. The predicted octanol–water partition coefficient (Wildman–Crippen LogP) is 1.95. The average Bonchev–Trinajstić information content (AvgIpc) is 2.97. The van der Waals surface area contributed by atoms with Crippen molar-refractivity contribution in [2.45, 2.75) is 25.3 Å². The summed E-state index contributed by atoms with van der Waals surface area (Å²) in [6, 6.07) is 9.75. The van der Waals surface area contributed by atoms with Gasteiger partial charge in [-0.15, -0.1) is 0 Å². The number of hydrogen-bond donors (Lipinski definition) is 2. The molecule has 1 aliphatic rings. The van der Waals surface area contributed by atoms with Gasteiger partial charge in [0.05, 0.1) is 29.8 Å². The van der Waals surface area contributed by atoms with Crippen molar-refractivity contribution in [1.82, 2.24) is 15.1 Å². The van der Waals surface area contributed by atoms with Gasteiger partial charge < -0.3 is 10.6 Å². The number of amides is 1. The van der Waals surface area contributed by atoms with Crippen LogP contribution in [-0.2, 0) is 4.79 Å². The molecule has 2 N–H and O–H groups in total. The molecule has 1 amide bonds. The van der Waals surface area contributed by atoms with Crippen LogP contribution in [0.25, 0.3) is 5.69 Å². The number of aromatic nitrogens is 2. The number of anilines is 1. The van der Waals surface area contributed by atoms with Crippen LogP contribution in [0.3, 0.4) is 0 Å². The number of benzene rings is 1. The maximum absolute atomic E-state index is 12.1. The molecule has 1 saturated heterocycles. The standard InChI is InChI=1S/C15H18N4O/c20-15(14-8-4-5-9-16-14)18-12-10-17-19(11-12)13-6-2-1-3-7-13/h1-3,6-7,10-11,14,16H,4-5,8-9H2,(H,18,20). The number of rotatable bonds is 3. The molecule has 0 spiro atoms. The maximum atomic E-state index is 12.1. The second kappa shape index (κ2) is 5.88. The summed E-state index contributed by atoms with van der Waals surface area (Å²) in [7, 11) is 0. The van der Waals surface area contributed by atoms with Crippen LogP contribution in [0.4, 0.5) is 5.69 Å². The first kappa shape index (κ1) is 12.9. The van der Waals surface area contributed by atoms with E-state index in [0.29, 0.717) is 0 Å². The van der Waals surface area contributed by atoms with Crippen molar-refractivity contribution >= 4 is 11.6 Å². The fraction of sp³-hybridized carbons (Fsp3) is 0.333. The molecule has 1 atom stereocenters. The summed E-state index contributed by atoms with van der Waals surface area (Å²) >= 11 is 0. The van der Waals surface area contributed by atoms with Gasteiger partial charge in [0.15, 0.2) is 0 Å². The van der Waals surface area contributed by atoms with Gasteiger partial charge >= 0.3 is 0 Å². The molecule has 5 heteroatoms. The number of carbonyl (C=O) groups is 1. The van der Waals surface area contributed by atoms with E-state index >= 15 is 0 Å². The van der Waals surface area contributed by atoms with Gasteiger partial charge in [-0.2, -0.15) is 5.10 Å². The highest BCUT2D eigenvalue weighted by atomic mass is 16.2. The molecule has 1 aliphatic heterocycles. The summed E-state index contributed by atoms with van der Waals surface area (Å²) in [5, 5.41) is 10.4. The fourth-order valence-electron chi connectivity index (χ4n) is 2.41. The number of nitrogens with one attached hydrogen (secondary N) is 2. The van der Waals surface area contributed by atoms with E-state index in [1.165, 1.54) is 0 Å². The SMILES string of the molecule is O=C(Nc1cnn(-c2ccccc2)c1)C1CCCCN1. The van der Waals surface area contributed by atoms with E-state index in [1.807, 2.05) is 36.5 Å². The number of carbonyl (C=O) groups excluding carboxylic acids is 1. The zero-order chi connectivity index (χ0) is 13.8. The van der Waals surface area contributed by atoms with Crippen LogP contribution in [0, 0.1) is 0 Å². The van der Waals surface area contributed by atoms with E-state index in [4.69, 9.17) is 0 Å². The molecule has 104 valence electrons. The largest absolute Gasteiger partial charge is 0.322 e. The highest BCUT2D eigenvalue weighted by Crippen LogP contribution is 2.13. The number of para-hydroxylation sites is 1. The summed E-state index contributed by atoms with van der Waals surface area (Å²) in [5.41, 5.74) is 1.70. The Morgan fingerprint density at radius 3 is 2.90 bits per heavy atom. The van der Waals surface area contributed by atoms with Gasteiger partial charge in [0.25, 0.3) is 0 Å². The Bertz CT molecular complexity index is 573. The first-order valence-corrected chi connectivity index (χ1v) is 6.97. The molecule has 2 aromatic rings. The Hall–Kier alpha value is -2.14. The van der Waals surface area contributed by atoms with Gasteiger partial charge in [-0.3, -0.25) is 4.79 Å². The average molecular weight is 270 g/mol. The van der Waals surface area contributed by atoms with Gasteiger partial charge in [0, 0.05) is 0 Å². The third kappa shape index (κ3) is 2.88. The molecule has 2 heterocycles. The van der Waals surface area contributed by atoms with E-state index in [1.54, 1.807) is 10.9 Å². The zero-order valence-electron chi connectivity index (χ0n) is 11.2. The van der Waals surface area contributed by atoms with Crippen LogP contribution in [0.1, 0.15) is 19.3 Å². The van der Waals surface area contributed by atoms with E-state index in [9.17, 15) is 4.79 Å². The van der Waals surface area contributed by atoms with Crippen molar-refractivity contribution in [3.63, 3.8) is 0 Å². The number of piperidine rings is 1. The Morgan fingerprint density at radius 2 is 2.15 bits per heavy atom. The maximum Gasteiger partial charge on any atom is 0.241 e. The third-order valence-corrected chi connectivity index (χ3v) is 3.50. The second-order valence-corrected chi connectivity index (χ2v) is 5.00. The minimum atomic E-state index is -0.0798. The monoisotopic (exact) mass is 270 g/mol. The Morgan fingerprint density at radius 1 is 1.30 bits per heavy atom. The highest BCUT2D eigenvalue weighted by Gasteiger charge is 2.20. The summed E-state index contributed by atoms with van der Waals surface area (Å²) in [6.07, 6.45) is 6.66. The summed E-state index contributed by atoms with van der Waals surface area (Å²) in [6.45, 7) is 0.918. The van der Waals surface area contributed by atoms with E-state index in [-0.39, 0.29) is 11.9 Å². The van der Waals surface area contributed by atoms with Crippen molar-refractivity contribution in [3.8, 4) is 5.69 Å². The lowest BCUT2D eigenvalue weighted by Crippen LogP contribution is -2.43. The molecule has 0 radical (unpaired) electrons. The lowest BCUT2D eigenvalue weighted by Gasteiger charge is -2.22.